The zero-order chi connectivity index (χ0) is 19.0. The van der Waals surface area contributed by atoms with Crippen LogP contribution in [0.1, 0.15) is 10.5 Å². The summed E-state index contributed by atoms with van der Waals surface area (Å²) in [4.78, 5) is 22.1. The van der Waals surface area contributed by atoms with Crippen molar-refractivity contribution in [3.63, 3.8) is 0 Å². The van der Waals surface area contributed by atoms with E-state index in [0.29, 0.717) is 18.6 Å². The molecule has 10 heteroatoms. The lowest BCUT2D eigenvalue weighted by Crippen LogP contribution is -2.52. The van der Waals surface area contributed by atoms with Gasteiger partial charge in [0, 0.05) is 55.7 Å². The molecule has 1 aliphatic rings. The molecule has 142 valence electrons. The average Bonchev–Trinajstić information content (AvgIpc) is 3.05. The van der Waals surface area contributed by atoms with Crippen molar-refractivity contribution in [2.24, 2.45) is 0 Å². The van der Waals surface area contributed by atoms with E-state index in [4.69, 9.17) is 0 Å². The highest BCUT2D eigenvalue weighted by Gasteiger charge is 2.21. The van der Waals surface area contributed by atoms with Gasteiger partial charge in [-0.1, -0.05) is 0 Å². The number of carbonyl (C=O) groups excluding carboxylic acids is 1. The van der Waals surface area contributed by atoms with Gasteiger partial charge in [0.2, 0.25) is 0 Å². The number of amides is 1. The molecule has 2 aromatic heterocycles. The normalized spacial score (nSPS) is 16.0. The van der Waals surface area contributed by atoms with Gasteiger partial charge in [-0.2, -0.15) is 0 Å². The molecule has 3 heterocycles. The fraction of sp³-hybridized carbons (Fsp3) is 0.294. The Morgan fingerprint density at radius 3 is 2.70 bits per heavy atom. The first-order valence-corrected chi connectivity index (χ1v) is 10.1. The molecule has 3 aromatic rings. The number of rotatable bonds is 4. The fourth-order valence-corrected chi connectivity index (χ4v) is 4.39. The number of carbonyl (C=O) groups is 1. The maximum atomic E-state index is 12.8. The monoisotopic (exact) mass is 388 g/mol. The zero-order valence-electron chi connectivity index (χ0n) is 14.7. The second-order valence-corrected chi connectivity index (χ2v) is 7.99. The Morgan fingerprint density at radius 1 is 1.19 bits per heavy atom. The van der Waals surface area contributed by atoms with Crippen LogP contribution in [0.4, 0.5) is 0 Å². The Kier molecular flexibility index (Phi) is 4.56. The molecule has 9 nitrogen and oxygen atoms in total. The minimum atomic E-state index is -3.69. The van der Waals surface area contributed by atoms with Crippen molar-refractivity contribution < 1.29 is 13.2 Å². The lowest BCUT2D eigenvalue weighted by molar-refractivity contribution is 0.0960. The number of hydrogen-bond acceptors (Lipinski definition) is 6. The summed E-state index contributed by atoms with van der Waals surface area (Å²) < 4.78 is 25.5. The van der Waals surface area contributed by atoms with Crippen molar-refractivity contribution in [1.82, 2.24) is 30.4 Å². The van der Waals surface area contributed by atoms with Gasteiger partial charge in [0.05, 0.1) is 10.4 Å². The molecule has 4 rings (SSSR count). The van der Waals surface area contributed by atoms with E-state index in [1.807, 2.05) is 0 Å². The maximum absolute atomic E-state index is 12.8. The Labute approximate surface area is 156 Å². The van der Waals surface area contributed by atoms with Crippen LogP contribution in [0.15, 0.2) is 35.4 Å². The number of aromatic nitrogens is 2. The Balaban J connectivity index is 1.77. The first kappa shape index (κ1) is 17.9. The molecule has 0 bridgehead atoms. The number of hydrogen-bond donors (Lipinski definition) is 4. The summed E-state index contributed by atoms with van der Waals surface area (Å²) in [6, 6.07) is 6.64. The van der Waals surface area contributed by atoms with E-state index in [1.54, 1.807) is 35.5 Å². The molecule has 0 atom stereocenters. The number of nitrogens with one attached hydrogen (secondary N) is 4. The van der Waals surface area contributed by atoms with Gasteiger partial charge in [-0.05, 0) is 24.3 Å². The highest BCUT2D eigenvalue weighted by atomic mass is 32.2. The summed E-state index contributed by atoms with van der Waals surface area (Å²) in [7, 11) is -2.15. The molecule has 1 aliphatic heterocycles. The van der Waals surface area contributed by atoms with E-state index in [1.165, 1.54) is 7.05 Å². The van der Waals surface area contributed by atoms with Gasteiger partial charge in [-0.25, -0.2) is 18.4 Å². The third kappa shape index (κ3) is 3.28. The number of H-pyrrole nitrogens is 1. The minimum Gasteiger partial charge on any atom is -0.354 e. The van der Waals surface area contributed by atoms with E-state index in [2.05, 4.69) is 25.4 Å². The van der Waals surface area contributed by atoms with Crippen molar-refractivity contribution in [3.8, 4) is 0 Å². The quantitative estimate of drug-likeness (QED) is 0.506. The minimum absolute atomic E-state index is 0.174. The number of sulfonamides is 1. The highest BCUT2D eigenvalue weighted by molar-refractivity contribution is 7.89. The van der Waals surface area contributed by atoms with Crippen molar-refractivity contribution >= 4 is 37.7 Å². The van der Waals surface area contributed by atoms with E-state index in [-0.39, 0.29) is 16.5 Å². The van der Waals surface area contributed by atoms with Crippen LogP contribution in [-0.4, -0.2) is 62.5 Å². The number of hydrazine groups is 1. The van der Waals surface area contributed by atoms with E-state index < -0.39 is 10.0 Å². The molecule has 0 spiro atoms. The predicted molar refractivity (Wildman–Crippen MR) is 102 cm³/mol. The van der Waals surface area contributed by atoms with Crippen LogP contribution in [0.3, 0.4) is 0 Å². The molecule has 0 saturated carbocycles. The number of piperazine rings is 1. The molecule has 27 heavy (non-hydrogen) atoms. The number of pyridine rings is 1. The fourth-order valence-electron chi connectivity index (χ4n) is 3.24. The van der Waals surface area contributed by atoms with Crippen molar-refractivity contribution in [3.05, 3.63) is 36.2 Å². The van der Waals surface area contributed by atoms with Gasteiger partial charge in [0.25, 0.3) is 15.9 Å². The van der Waals surface area contributed by atoms with Crippen molar-refractivity contribution in [1.29, 1.82) is 0 Å². The average molecular weight is 388 g/mol. The molecule has 1 fully saturated rings. The molecule has 0 radical (unpaired) electrons. The van der Waals surface area contributed by atoms with Gasteiger partial charge < -0.3 is 15.6 Å². The Bertz CT molecular complexity index is 1120. The van der Waals surface area contributed by atoms with Gasteiger partial charge in [0.15, 0.2) is 5.69 Å². The molecular weight excluding hydrogens is 368 g/mol. The van der Waals surface area contributed by atoms with Crippen LogP contribution in [0.2, 0.25) is 0 Å². The summed E-state index contributed by atoms with van der Waals surface area (Å²) in [5.41, 5.74) is 1.59. The third-order valence-electron chi connectivity index (χ3n) is 4.61. The van der Waals surface area contributed by atoms with Gasteiger partial charge in [0.1, 0.15) is 0 Å². The summed E-state index contributed by atoms with van der Waals surface area (Å²) >= 11 is 0. The smallest absolute Gasteiger partial charge is 0.271 e. The topological polar surface area (TPSA) is 119 Å². The van der Waals surface area contributed by atoms with Crippen molar-refractivity contribution in [2.45, 2.75) is 4.90 Å². The molecule has 1 amide bonds. The van der Waals surface area contributed by atoms with E-state index in [9.17, 15) is 13.2 Å². The van der Waals surface area contributed by atoms with Crippen LogP contribution in [0.25, 0.3) is 21.8 Å². The molecular formula is C17H20N6O3S. The maximum Gasteiger partial charge on any atom is 0.271 e. The number of benzene rings is 1. The first-order valence-electron chi connectivity index (χ1n) is 8.60. The van der Waals surface area contributed by atoms with Crippen LogP contribution in [0, 0.1) is 0 Å². The second kappa shape index (κ2) is 6.89. The second-order valence-electron chi connectivity index (χ2n) is 6.33. The van der Waals surface area contributed by atoms with Gasteiger partial charge in [-0.15, -0.1) is 4.83 Å². The van der Waals surface area contributed by atoms with Gasteiger partial charge >= 0.3 is 0 Å². The molecule has 1 saturated heterocycles. The zero-order valence-corrected chi connectivity index (χ0v) is 15.6. The predicted octanol–water partition coefficient (Wildman–Crippen LogP) is 0.174. The van der Waals surface area contributed by atoms with Crippen molar-refractivity contribution in [2.75, 3.05) is 33.2 Å². The standard InChI is InChI=1S/C17H20N6O3S/c1-18-17(24)16-15-12(4-5-20-16)13-10-11(2-3-14(13)21-15)27(25,26)22-23-8-6-19-7-9-23/h2-5,10,19,21-22H,6-9H2,1H3,(H,18,24). The summed E-state index contributed by atoms with van der Waals surface area (Å²) in [5.74, 6) is -0.305. The summed E-state index contributed by atoms with van der Waals surface area (Å²) in [6.45, 7) is 2.68. The first-order chi connectivity index (χ1) is 13.0. The van der Waals surface area contributed by atoms with Gasteiger partial charge in [-0.3, -0.25) is 4.79 Å². The highest BCUT2D eigenvalue weighted by Crippen LogP contribution is 2.28. The van der Waals surface area contributed by atoms with Crippen LogP contribution in [-0.2, 0) is 10.0 Å². The summed E-state index contributed by atoms with van der Waals surface area (Å²) in [5, 5.41) is 8.91. The van der Waals surface area contributed by atoms with E-state index >= 15 is 0 Å². The molecule has 0 unspecified atom stereocenters. The summed E-state index contributed by atoms with van der Waals surface area (Å²) in [6.07, 6.45) is 1.54. The molecule has 0 aliphatic carbocycles. The number of nitrogens with zero attached hydrogens (tertiary/aromatic N) is 2. The largest absolute Gasteiger partial charge is 0.354 e. The number of aromatic amines is 1. The molecule has 1 aromatic carbocycles. The van der Waals surface area contributed by atoms with Crippen LogP contribution < -0.4 is 15.5 Å². The Morgan fingerprint density at radius 2 is 1.96 bits per heavy atom. The lowest BCUT2D eigenvalue weighted by Gasteiger charge is -2.27. The lowest BCUT2D eigenvalue weighted by atomic mass is 10.1. The SMILES string of the molecule is CNC(=O)c1nccc2c1[nH]c1ccc(S(=O)(=O)NN3CCNCC3)cc12. The van der Waals surface area contributed by atoms with Crippen LogP contribution >= 0.6 is 0 Å². The number of fused-ring (bicyclic) bond motifs is 3. The Hall–Kier alpha value is -2.53. The van der Waals surface area contributed by atoms with Crippen LogP contribution in [0.5, 0.6) is 0 Å². The molecule has 4 N–H and O–H groups in total. The van der Waals surface area contributed by atoms with E-state index in [0.717, 1.165) is 29.4 Å². The third-order valence-corrected chi connectivity index (χ3v) is 5.98.